The van der Waals surface area contributed by atoms with Crippen molar-refractivity contribution in [3.63, 3.8) is 0 Å². The van der Waals surface area contributed by atoms with Crippen molar-refractivity contribution in [1.82, 2.24) is 0 Å². The predicted molar refractivity (Wildman–Crippen MR) is 414 cm³/mol. The normalized spacial score (nSPS) is 13.9. The molecule has 0 rings (SSSR count). The molecule has 0 bridgehead atoms. The molecule has 0 radical (unpaired) electrons. The van der Waals surface area contributed by atoms with Gasteiger partial charge in [0.25, 0.3) is 0 Å². The number of phosphoric acid groups is 2. The summed E-state index contributed by atoms with van der Waals surface area (Å²) in [7, 11) is -9.92. The molecule has 0 saturated heterocycles. The highest BCUT2D eigenvalue weighted by molar-refractivity contribution is 7.47. The summed E-state index contributed by atoms with van der Waals surface area (Å²) >= 11 is 0. The molecular weight excluding hydrogens is 1320 g/mol. The van der Waals surface area contributed by atoms with Gasteiger partial charge in [-0.2, -0.15) is 0 Å². The zero-order chi connectivity index (χ0) is 74.2. The Morgan fingerprint density at radius 1 is 0.267 bits per heavy atom. The lowest BCUT2D eigenvalue weighted by Crippen LogP contribution is -2.30. The summed E-state index contributed by atoms with van der Waals surface area (Å²) in [5, 5.41) is 10.7. The summed E-state index contributed by atoms with van der Waals surface area (Å²) < 4.78 is 68.8. The minimum atomic E-state index is -4.96. The molecule has 5 atom stereocenters. The van der Waals surface area contributed by atoms with Crippen LogP contribution in [0.2, 0.25) is 0 Å². The maximum Gasteiger partial charge on any atom is 0.472 e. The van der Waals surface area contributed by atoms with E-state index in [1.54, 1.807) is 0 Å². The first-order valence-corrected chi connectivity index (χ1v) is 45.5. The lowest BCUT2D eigenvalue weighted by atomic mass is 10.0. The molecule has 0 aromatic heterocycles. The zero-order valence-corrected chi connectivity index (χ0v) is 68.0. The quantitative estimate of drug-likeness (QED) is 0.0222. The number of esters is 4. The number of unbranched alkanes of at least 4 members (excludes halogenated alkanes) is 51. The third-order valence-corrected chi connectivity index (χ3v) is 21.1. The maximum absolute atomic E-state index is 13.1. The third kappa shape index (κ3) is 76.1. The molecule has 0 aliphatic carbocycles. The molecule has 600 valence electrons. The van der Waals surface area contributed by atoms with Gasteiger partial charge < -0.3 is 33.8 Å². The van der Waals surface area contributed by atoms with Crippen molar-refractivity contribution >= 4 is 39.5 Å². The molecule has 0 aromatic carbocycles. The lowest BCUT2D eigenvalue weighted by Gasteiger charge is -2.21. The van der Waals surface area contributed by atoms with E-state index in [0.29, 0.717) is 25.7 Å². The number of phosphoric ester groups is 2. The van der Waals surface area contributed by atoms with E-state index < -0.39 is 97.5 Å². The molecular formula is C82H160O17P2. The van der Waals surface area contributed by atoms with E-state index in [4.69, 9.17) is 37.0 Å². The number of rotatable bonds is 81. The Bertz CT molecular complexity index is 1940. The molecule has 3 N–H and O–H groups in total. The number of aliphatic hydroxyl groups is 1. The van der Waals surface area contributed by atoms with Crippen molar-refractivity contribution in [1.29, 1.82) is 0 Å². The van der Waals surface area contributed by atoms with Crippen molar-refractivity contribution in [2.75, 3.05) is 39.6 Å². The molecule has 0 fully saturated rings. The molecule has 17 nitrogen and oxygen atoms in total. The number of hydrogen-bond donors (Lipinski definition) is 3. The fourth-order valence-corrected chi connectivity index (χ4v) is 14.3. The second kappa shape index (κ2) is 73.6. The summed E-state index contributed by atoms with van der Waals surface area (Å²) in [6.07, 6.45) is 63.8. The Morgan fingerprint density at radius 3 is 0.673 bits per heavy atom. The van der Waals surface area contributed by atoms with Gasteiger partial charge in [-0.05, 0) is 37.5 Å². The smallest absolute Gasteiger partial charge is 0.462 e. The first-order chi connectivity index (χ1) is 48.9. The molecule has 19 heteroatoms. The minimum Gasteiger partial charge on any atom is -0.462 e. The Hall–Kier alpha value is -1.94. The van der Waals surface area contributed by atoms with Gasteiger partial charge in [-0.25, -0.2) is 9.13 Å². The van der Waals surface area contributed by atoms with Crippen LogP contribution in [0.15, 0.2) is 0 Å². The molecule has 0 spiro atoms. The van der Waals surface area contributed by atoms with E-state index in [1.807, 2.05) is 0 Å². The van der Waals surface area contributed by atoms with Gasteiger partial charge in [0.15, 0.2) is 12.2 Å². The Morgan fingerprint density at radius 2 is 0.455 bits per heavy atom. The Labute approximate surface area is 619 Å². The number of ether oxygens (including phenoxy) is 4. The molecule has 0 amide bonds. The van der Waals surface area contributed by atoms with Crippen LogP contribution in [0, 0.1) is 11.8 Å². The van der Waals surface area contributed by atoms with Gasteiger partial charge in [-0.15, -0.1) is 0 Å². The number of hydrogen-bond acceptors (Lipinski definition) is 15. The predicted octanol–water partition coefficient (Wildman–Crippen LogP) is 24.7. The summed E-state index contributed by atoms with van der Waals surface area (Å²) in [5.74, 6) is -0.570. The van der Waals surface area contributed by atoms with Crippen molar-refractivity contribution in [2.24, 2.45) is 11.8 Å². The zero-order valence-electron chi connectivity index (χ0n) is 66.2. The highest BCUT2D eigenvalue weighted by atomic mass is 31.2. The summed E-state index contributed by atoms with van der Waals surface area (Å²) in [5.41, 5.74) is 0. The fourth-order valence-electron chi connectivity index (χ4n) is 12.7. The van der Waals surface area contributed by atoms with E-state index in [9.17, 15) is 43.2 Å². The fraction of sp³-hybridized carbons (Fsp3) is 0.951. The largest absolute Gasteiger partial charge is 0.472 e. The van der Waals surface area contributed by atoms with E-state index in [2.05, 4.69) is 41.5 Å². The lowest BCUT2D eigenvalue weighted by molar-refractivity contribution is -0.161. The second-order valence-corrected chi connectivity index (χ2v) is 33.4. The second-order valence-electron chi connectivity index (χ2n) is 30.5. The van der Waals surface area contributed by atoms with Gasteiger partial charge in [0.2, 0.25) is 0 Å². The van der Waals surface area contributed by atoms with E-state index in [1.165, 1.54) is 250 Å². The van der Waals surface area contributed by atoms with Gasteiger partial charge in [0.05, 0.1) is 26.4 Å². The van der Waals surface area contributed by atoms with Gasteiger partial charge in [-0.1, -0.05) is 382 Å². The van der Waals surface area contributed by atoms with Gasteiger partial charge in [0.1, 0.15) is 19.3 Å². The average Bonchev–Trinajstić information content (AvgIpc) is 1.42. The van der Waals surface area contributed by atoms with Crippen molar-refractivity contribution in [2.45, 2.75) is 452 Å². The summed E-state index contributed by atoms with van der Waals surface area (Å²) in [4.78, 5) is 73.1. The summed E-state index contributed by atoms with van der Waals surface area (Å²) in [6, 6.07) is 0. The monoisotopic (exact) mass is 1480 g/mol. The van der Waals surface area contributed by atoms with Crippen LogP contribution >= 0.6 is 15.6 Å². The van der Waals surface area contributed by atoms with Gasteiger partial charge >= 0.3 is 39.5 Å². The van der Waals surface area contributed by atoms with Crippen LogP contribution in [0.4, 0.5) is 0 Å². The third-order valence-electron chi connectivity index (χ3n) is 19.2. The Kier molecular flexibility index (Phi) is 72.2. The summed E-state index contributed by atoms with van der Waals surface area (Å²) in [6.45, 7) is 9.64. The van der Waals surface area contributed by atoms with E-state index >= 15 is 0 Å². The standard InChI is InChI=1S/C82H160O17P2/c1-7-9-11-13-15-17-19-21-23-24-28-32-35-39-46-52-58-64-79(84)92-70-77(98-82(87)67-61-55-49-41-37-33-29-26-25-27-30-34-38-44-50-56-62-74(3)4)72-96-100(88,89)94-68-76(83)69-95-101(90,91)97-73-78(71-93-80(85)65-59-53-47-43-42-45-51-57-63-75(5)6)99-81(86)66-60-54-48-40-36-31-22-20-18-16-14-12-10-8-2/h74-78,83H,7-73H2,1-6H3,(H,88,89)(H,90,91)/t76-,77-,78-/m1/s1. The number of carbonyl (C=O) groups is 4. The highest BCUT2D eigenvalue weighted by Gasteiger charge is 2.30. The van der Waals surface area contributed by atoms with Crippen LogP contribution in [0.5, 0.6) is 0 Å². The Balaban J connectivity index is 5.25. The first-order valence-electron chi connectivity index (χ1n) is 42.5. The molecule has 2 unspecified atom stereocenters. The molecule has 0 heterocycles. The van der Waals surface area contributed by atoms with E-state index in [0.717, 1.165) is 102 Å². The van der Waals surface area contributed by atoms with Crippen LogP contribution in [0.1, 0.15) is 433 Å². The molecule has 0 saturated carbocycles. The molecule has 0 aliphatic rings. The molecule has 101 heavy (non-hydrogen) atoms. The number of carbonyl (C=O) groups excluding carboxylic acids is 4. The van der Waals surface area contributed by atoms with Gasteiger partial charge in [-0.3, -0.25) is 37.3 Å². The van der Waals surface area contributed by atoms with Crippen LogP contribution in [0.3, 0.4) is 0 Å². The topological polar surface area (TPSA) is 237 Å². The van der Waals surface area contributed by atoms with E-state index in [-0.39, 0.29) is 25.7 Å². The minimum absolute atomic E-state index is 0.108. The molecule has 0 aromatic rings. The van der Waals surface area contributed by atoms with Crippen molar-refractivity contribution < 1.29 is 80.2 Å². The average molecular weight is 1480 g/mol. The first kappa shape index (κ1) is 99.1. The maximum atomic E-state index is 13.1. The van der Waals surface area contributed by atoms with Crippen molar-refractivity contribution in [3.8, 4) is 0 Å². The highest BCUT2D eigenvalue weighted by Crippen LogP contribution is 2.45. The molecule has 0 aliphatic heterocycles. The van der Waals surface area contributed by atoms with Gasteiger partial charge in [0, 0.05) is 25.7 Å². The SMILES string of the molecule is CCCCCCCCCCCCCCCCCCCC(=O)OC[C@H](COP(=O)(O)OC[C@@H](O)COP(=O)(O)OC[C@@H](COC(=O)CCCCCCCCCCC(C)C)OC(=O)CCCCCCCCCCCCCCCC)OC(=O)CCCCCCCCCCCCCCCCCCC(C)C. The van der Waals surface area contributed by atoms with Crippen LogP contribution in [0.25, 0.3) is 0 Å². The van der Waals surface area contributed by atoms with Crippen LogP contribution < -0.4 is 0 Å². The van der Waals surface area contributed by atoms with Crippen LogP contribution in [-0.4, -0.2) is 96.7 Å². The van der Waals surface area contributed by atoms with Crippen molar-refractivity contribution in [3.05, 3.63) is 0 Å². The van der Waals surface area contributed by atoms with Crippen LogP contribution in [-0.2, 0) is 65.4 Å². The number of aliphatic hydroxyl groups excluding tert-OH is 1.